The first kappa shape index (κ1) is 22.4. The van der Waals surface area contributed by atoms with Gasteiger partial charge in [0, 0.05) is 23.4 Å². The van der Waals surface area contributed by atoms with Gasteiger partial charge in [0.1, 0.15) is 11.5 Å². The van der Waals surface area contributed by atoms with E-state index in [1.165, 1.54) is 11.8 Å². The number of carbonyl (C=O) groups excluding carboxylic acids is 1. The fourth-order valence-electron chi connectivity index (χ4n) is 3.35. The Kier molecular flexibility index (Phi) is 7.26. The van der Waals surface area contributed by atoms with E-state index in [-0.39, 0.29) is 11.7 Å². The topological polar surface area (TPSA) is 78.3 Å². The molecular formula is C25H24N4O3S. The SMILES string of the molecule is COc1cccc(-c2nnc(SCC(=O)NCc3ccccc3OC)n2-c2ccccc2)c1. The Morgan fingerprint density at radius 2 is 1.73 bits per heavy atom. The van der Waals surface area contributed by atoms with Gasteiger partial charge in [-0.2, -0.15) is 0 Å². The molecule has 0 aliphatic carbocycles. The number of hydrogen-bond donors (Lipinski definition) is 1. The van der Waals surface area contributed by atoms with Crippen LogP contribution in [-0.4, -0.2) is 40.6 Å². The van der Waals surface area contributed by atoms with Crippen molar-refractivity contribution in [1.29, 1.82) is 0 Å². The van der Waals surface area contributed by atoms with Gasteiger partial charge in [-0.05, 0) is 30.3 Å². The van der Waals surface area contributed by atoms with Gasteiger partial charge >= 0.3 is 0 Å². The third-order valence-corrected chi connectivity index (χ3v) is 5.91. The van der Waals surface area contributed by atoms with Crippen molar-refractivity contribution in [1.82, 2.24) is 20.1 Å². The second-order valence-electron chi connectivity index (χ2n) is 7.09. The van der Waals surface area contributed by atoms with E-state index in [4.69, 9.17) is 9.47 Å². The highest BCUT2D eigenvalue weighted by molar-refractivity contribution is 7.99. The monoisotopic (exact) mass is 460 g/mol. The Balaban J connectivity index is 1.53. The number of rotatable bonds is 9. The van der Waals surface area contributed by atoms with Crippen LogP contribution in [0.25, 0.3) is 17.1 Å². The number of para-hydroxylation sites is 2. The molecule has 0 spiro atoms. The van der Waals surface area contributed by atoms with Crippen molar-refractivity contribution in [2.24, 2.45) is 0 Å². The number of carbonyl (C=O) groups is 1. The van der Waals surface area contributed by atoms with Gasteiger partial charge in [0.05, 0.1) is 20.0 Å². The highest BCUT2D eigenvalue weighted by atomic mass is 32.2. The molecule has 0 atom stereocenters. The molecule has 1 aromatic heterocycles. The summed E-state index contributed by atoms with van der Waals surface area (Å²) in [4.78, 5) is 12.6. The number of nitrogens with one attached hydrogen (secondary N) is 1. The lowest BCUT2D eigenvalue weighted by Crippen LogP contribution is -2.25. The van der Waals surface area contributed by atoms with E-state index in [1.807, 2.05) is 83.4 Å². The predicted octanol–water partition coefficient (Wildman–Crippen LogP) is 4.36. The van der Waals surface area contributed by atoms with Crippen LogP contribution in [0.15, 0.2) is 84.0 Å². The molecular weight excluding hydrogens is 436 g/mol. The standard InChI is InChI=1S/C25H24N4O3S/c1-31-21-13-8-10-18(15-21)24-27-28-25(29(24)20-11-4-3-5-12-20)33-17-23(30)26-16-19-9-6-7-14-22(19)32-2/h3-15H,16-17H2,1-2H3,(H,26,30). The number of ether oxygens (including phenoxy) is 2. The van der Waals surface area contributed by atoms with Crippen LogP contribution in [0.3, 0.4) is 0 Å². The predicted molar refractivity (Wildman–Crippen MR) is 129 cm³/mol. The van der Waals surface area contributed by atoms with Crippen molar-refractivity contribution < 1.29 is 14.3 Å². The van der Waals surface area contributed by atoms with Crippen LogP contribution in [0.2, 0.25) is 0 Å². The third-order valence-electron chi connectivity index (χ3n) is 4.98. The summed E-state index contributed by atoms with van der Waals surface area (Å²) < 4.78 is 12.7. The molecule has 3 aromatic carbocycles. The van der Waals surface area contributed by atoms with E-state index in [2.05, 4.69) is 15.5 Å². The lowest BCUT2D eigenvalue weighted by molar-refractivity contribution is -0.118. The summed E-state index contributed by atoms with van der Waals surface area (Å²) >= 11 is 1.34. The largest absolute Gasteiger partial charge is 0.497 e. The summed E-state index contributed by atoms with van der Waals surface area (Å²) in [5.41, 5.74) is 2.71. The summed E-state index contributed by atoms with van der Waals surface area (Å²) in [5.74, 6) is 2.27. The molecule has 33 heavy (non-hydrogen) atoms. The minimum atomic E-state index is -0.101. The quantitative estimate of drug-likeness (QED) is 0.374. The number of nitrogens with zero attached hydrogens (tertiary/aromatic N) is 3. The van der Waals surface area contributed by atoms with Gasteiger partial charge in [0.2, 0.25) is 5.91 Å². The molecule has 0 radical (unpaired) electrons. The second kappa shape index (κ2) is 10.7. The van der Waals surface area contributed by atoms with E-state index in [1.54, 1.807) is 14.2 Å². The maximum atomic E-state index is 12.6. The second-order valence-corrected chi connectivity index (χ2v) is 8.03. The fraction of sp³-hybridized carbons (Fsp3) is 0.160. The average Bonchev–Trinajstić information content (AvgIpc) is 3.31. The average molecular weight is 461 g/mol. The number of hydrogen-bond acceptors (Lipinski definition) is 6. The summed E-state index contributed by atoms with van der Waals surface area (Å²) in [6.45, 7) is 0.393. The highest BCUT2D eigenvalue weighted by Crippen LogP contribution is 2.29. The Bertz CT molecular complexity index is 1230. The van der Waals surface area contributed by atoms with E-state index < -0.39 is 0 Å². The van der Waals surface area contributed by atoms with Crippen LogP contribution in [-0.2, 0) is 11.3 Å². The van der Waals surface area contributed by atoms with Gasteiger partial charge < -0.3 is 14.8 Å². The molecule has 0 saturated carbocycles. The van der Waals surface area contributed by atoms with Crippen molar-refractivity contribution in [3.8, 4) is 28.6 Å². The van der Waals surface area contributed by atoms with E-state index in [0.717, 1.165) is 28.3 Å². The number of methoxy groups -OCH3 is 2. The molecule has 0 fully saturated rings. The van der Waals surface area contributed by atoms with Gasteiger partial charge in [-0.1, -0.05) is 60.3 Å². The Morgan fingerprint density at radius 1 is 0.939 bits per heavy atom. The molecule has 0 aliphatic rings. The summed E-state index contributed by atoms with van der Waals surface area (Å²) in [7, 11) is 3.25. The van der Waals surface area contributed by atoms with Gasteiger partial charge in [0.25, 0.3) is 0 Å². The van der Waals surface area contributed by atoms with Crippen molar-refractivity contribution in [3.05, 3.63) is 84.4 Å². The van der Waals surface area contributed by atoms with E-state index in [0.29, 0.717) is 17.5 Å². The first-order valence-electron chi connectivity index (χ1n) is 10.4. The van der Waals surface area contributed by atoms with Crippen LogP contribution >= 0.6 is 11.8 Å². The molecule has 7 nitrogen and oxygen atoms in total. The first-order chi connectivity index (χ1) is 16.2. The molecule has 168 valence electrons. The van der Waals surface area contributed by atoms with Crippen LogP contribution in [0.4, 0.5) is 0 Å². The zero-order chi connectivity index (χ0) is 23.0. The fourth-order valence-corrected chi connectivity index (χ4v) is 4.13. The van der Waals surface area contributed by atoms with Crippen LogP contribution in [0, 0.1) is 0 Å². The van der Waals surface area contributed by atoms with E-state index >= 15 is 0 Å². The molecule has 4 aromatic rings. The zero-order valence-corrected chi connectivity index (χ0v) is 19.2. The van der Waals surface area contributed by atoms with Gasteiger partial charge in [-0.25, -0.2) is 0 Å². The van der Waals surface area contributed by atoms with Crippen molar-refractivity contribution in [2.75, 3.05) is 20.0 Å². The maximum Gasteiger partial charge on any atom is 0.230 e. The number of thioether (sulfide) groups is 1. The van der Waals surface area contributed by atoms with Gasteiger partial charge in [-0.3, -0.25) is 9.36 Å². The molecule has 0 unspecified atom stereocenters. The molecule has 4 rings (SSSR count). The summed E-state index contributed by atoms with van der Waals surface area (Å²) in [6, 6.07) is 25.1. The molecule has 0 saturated heterocycles. The molecule has 1 heterocycles. The smallest absolute Gasteiger partial charge is 0.230 e. The van der Waals surface area contributed by atoms with Gasteiger partial charge in [-0.15, -0.1) is 10.2 Å². The Morgan fingerprint density at radius 3 is 2.52 bits per heavy atom. The summed E-state index contributed by atoms with van der Waals surface area (Å²) in [6.07, 6.45) is 0. The van der Waals surface area contributed by atoms with Gasteiger partial charge in [0.15, 0.2) is 11.0 Å². The van der Waals surface area contributed by atoms with Crippen molar-refractivity contribution in [3.63, 3.8) is 0 Å². The number of benzene rings is 3. The number of aromatic nitrogens is 3. The minimum absolute atomic E-state index is 0.101. The lowest BCUT2D eigenvalue weighted by Gasteiger charge is -2.11. The minimum Gasteiger partial charge on any atom is -0.497 e. The molecule has 0 bridgehead atoms. The molecule has 8 heteroatoms. The highest BCUT2D eigenvalue weighted by Gasteiger charge is 2.18. The Labute approximate surface area is 196 Å². The third kappa shape index (κ3) is 5.35. The van der Waals surface area contributed by atoms with E-state index in [9.17, 15) is 4.79 Å². The number of amides is 1. The Hall–Kier alpha value is -3.78. The van der Waals surface area contributed by atoms with Crippen molar-refractivity contribution >= 4 is 17.7 Å². The van der Waals surface area contributed by atoms with Crippen molar-refractivity contribution in [2.45, 2.75) is 11.7 Å². The maximum absolute atomic E-state index is 12.6. The normalized spacial score (nSPS) is 10.6. The van der Waals surface area contributed by atoms with Crippen LogP contribution < -0.4 is 14.8 Å². The lowest BCUT2D eigenvalue weighted by atomic mass is 10.2. The first-order valence-corrected chi connectivity index (χ1v) is 11.3. The molecule has 1 N–H and O–H groups in total. The molecule has 0 aliphatic heterocycles. The van der Waals surface area contributed by atoms with Crippen LogP contribution in [0.5, 0.6) is 11.5 Å². The molecule has 1 amide bonds. The summed E-state index contributed by atoms with van der Waals surface area (Å²) in [5, 5.41) is 12.4. The van der Waals surface area contributed by atoms with Crippen LogP contribution in [0.1, 0.15) is 5.56 Å². The zero-order valence-electron chi connectivity index (χ0n) is 18.4.